The highest BCUT2D eigenvalue weighted by atomic mass is 35.5. The maximum Gasteiger partial charge on any atom is 0.277 e. The third-order valence-corrected chi connectivity index (χ3v) is 4.51. The van der Waals surface area contributed by atoms with Gasteiger partial charge in [0.1, 0.15) is 0 Å². The second-order valence-electron chi connectivity index (χ2n) is 4.70. The molecule has 0 unspecified atom stereocenters. The number of hydrogen-bond donors (Lipinski definition) is 1. The molecule has 0 fully saturated rings. The van der Waals surface area contributed by atoms with Crippen LogP contribution in [0.3, 0.4) is 0 Å². The Labute approximate surface area is 152 Å². The van der Waals surface area contributed by atoms with Crippen molar-refractivity contribution in [2.75, 3.05) is 11.1 Å². The Morgan fingerprint density at radius 2 is 1.88 bits per heavy atom. The zero-order valence-electron chi connectivity index (χ0n) is 12.2. The standard InChI is InChI=1S/C16H11Cl2N3O2S/c17-12-7-6-11(8-13(12)18)19-14(22)9-24-16-21-20-15(23-16)10-4-2-1-3-5-10/h1-8H,9H2,(H,19,22). The van der Waals surface area contributed by atoms with Crippen LogP contribution >= 0.6 is 35.0 Å². The third kappa shape index (κ3) is 4.29. The van der Waals surface area contributed by atoms with Crippen LogP contribution in [0.1, 0.15) is 0 Å². The van der Waals surface area contributed by atoms with Crippen LogP contribution in [-0.2, 0) is 4.79 Å². The monoisotopic (exact) mass is 379 g/mol. The molecule has 0 radical (unpaired) electrons. The molecule has 0 saturated carbocycles. The SMILES string of the molecule is O=C(CSc1nnc(-c2ccccc2)o1)Nc1ccc(Cl)c(Cl)c1. The average molecular weight is 380 g/mol. The Bertz CT molecular complexity index is 856. The number of anilines is 1. The number of halogens is 2. The fourth-order valence-corrected chi connectivity index (χ4v) is 2.72. The van der Waals surface area contributed by atoms with Crippen molar-refractivity contribution in [2.24, 2.45) is 0 Å². The van der Waals surface area contributed by atoms with Crippen LogP contribution in [0.15, 0.2) is 58.2 Å². The lowest BCUT2D eigenvalue weighted by atomic mass is 10.2. The summed E-state index contributed by atoms with van der Waals surface area (Å²) < 4.78 is 5.53. The van der Waals surface area contributed by atoms with Gasteiger partial charge in [0.05, 0.1) is 15.8 Å². The van der Waals surface area contributed by atoms with Crippen molar-refractivity contribution in [2.45, 2.75) is 5.22 Å². The average Bonchev–Trinajstić information content (AvgIpc) is 3.06. The maximum absolute atomic E-state index is 12.0. The topological polar surface area (TPSA) is 68.0 Å². The Morgan fingerprint density at radius 3 is 2.62 bits per heavy atom. The van der Waals surface area contributed by atoms with Crippen molar-refractivity contribution in [3.8, 4) is 11.5 Å². The first-order chi connectivity index (χ1) is 11.6. The number of amides is 1. The van der Waals surface area contributed by atoms with Gasteiger partial charge in [0.15, 0.2) is 0 Å². The van der Waals surface area contributed by atoms with Gasteiger partial charge in [0.2, 0.25) is 11.8 Å². The summed E-state index contributed by atoms with van der Waals surface area (Å²) >= 11 is 12.9. The van der Waals surface area contributed by atoms with Crippen LogP contribution in [0.5, 0.6) is 0 Å². The van der Waals surface area contributed by atoms with E-state index in [-0.39, 0.29) is 11.7 Å². The fraction of sp³-hybridized carbons (Fsp3) is 0.0625. The molecule has 0 aliphatic carbocycles. The second kappa shape index (κ2) is 7.70. The minimum atomic E-state index is -0.210. The number of benzene rings is 2. The molecular weight excluding hydrogens is 369 g/mol. The van der Waals surface area contributed by atoms with E-state index < -0.39 is 0 Å². The van der Waals surface area contributed by atoms with Gasteiger partial charge in [-0.3, -0.25) is 4.79 Å². The van der Waals surface area contributed by atoms with Crippen molar-refractivity contribution < 1.29 is 9.21 Å². The van der Waals surface area contributed by atoms with Gasteiger partial charge >= 0.3 is 0 Å². The number of hydrogen-bond acceptors (Lipinski definition) is 5. The van der Waals surface area contributed by atoms with E-state index in [2.05, 4.69) is 15.5 Å². The van der Waals surface area contributed by atoms with Gasteiger partial charge in [-0.15, -0.1) is 10.2 Å². The first-order valence-electron chi connectivity index (χ1n) is 6.88. The van der Waals surface area contributed by atoms with Crippen molar-refractivity contribution in [3.05, 3.63) is 58.6 Å². The second-order valence-corrected chi connectivity index (χ2v) is 6.45. The van der Waals surface area contributed by atoms with E-state index in [0.717, 1.165) is 17.3 Å². The van der Waals surface area contributed by atoms with Gasteiger partial charge in [-0.1, -0.05) is 53.2 Å². The van der Waals surface area contributed by atoms with Crippen molar-refractivity contribution in [1.82, 2.24) is 10.2 Å². The molecule has 0 atom stereocenters. The van der Waals surface area contributed by atoms with Gasteiger partial charge in [0.25, 0.3) is 5.22 Å². The summed E-state index contributed by atoms with van der Waals surface area (Å²) in [5, 5.41) is 11.8. The highest BCUT2D eigenvalue weighted by Gasteiger charge is 2.11. The summed E-state index contributed by atoms with van der Waals surface area (Å²) in [6.07, 6.45) is 0. The molecule has 2 aromatic carbocycles. The molecule has 1 amide bonds. The molecule has 0 aliphatic heterocycles. The highest BCUT2D eigenvalue weighted by molar-refractivity contribution is 7.99. The fourth-order valence-electron chi connectivity index (χ4n) is 1.86. The lowest BCUT2D eigenvalue weighted by molar-refractivity contribution is -0.113. The molecule has 0 aliphatic rings. The van der Waals surface area contributed by atoms with Crippen molar-refractivity contribution in [1.29, 1.82) is 0 Å². The first-order valence-corrected chi connectivity index (χ1v) is 8.62. The number of nitrogens with zero attached hydrogens (tertiary/aromatic N) is 2. The number of nitrogens with one attached hydrogen (secondary N) is 1. The van der Waals surface area contributed by atoms with Crippen LogP contribution < -0.4 is 5.32 Å². The molecule has 3 rings (SSSR count). The molecular formula is C16H11Cl2N3O2S. The van der Waals surface area contributed by atoms with Gasteiger partial charge in [0, 0.05) is 11.3 Å². The molecule has 5 nitrogen and oxygen atoms in total. The molecule has 3 aromatic rings. The summed E-state index contributed by atoms with van der Waals surface area (Å²) in [6, 6.07) is 14.3. The van der Waals surface area contributed by atoms with Crippen LogP contribution in [0, 0.1) is 0 Å². The van der Waals surface area contributed by atoms with Crippen LogP contribution in [0.25, 0.3) is 11.5 Å². The summed E-state index contributed by atoms with van der Waals surface area (Å²) in [5.41, 5.74) is 1.41. The number of rotatable bonds is 5. The van der Waals surface area contributed by atoms with E-state index >= 15 is 0 Å². The molecule has 0 bridgehead atoms. The summed E-state index contributed by atoms with van der Waals surface area (Å²) in [4.78, 5) is 12.0. The van der Waals surface area contributed by atoms with Crippen molar-refractivity contribution in [3.63, 3.8) is 0 Å². The molecule has 24 heavy (non-hydrogen) atoms. The summed E-state index contributed by atoms with van der Waals surface area (Å²) in [5.74, 6) is 0.345. The number of carbonyl (C=O) groups excluding carboxylic acids is 1. The summed E-state index contributed by atoms with van der Waals surface area (Å²) in [6.45, 7) is 0. The Kier molecular flexibility index (Phi) is 5.40. The van der Waals surface area contributed by atoms with Gasteiger partial charge in [-0.05, 0) is 30.3 Å². The predicted molar refractivity (Wildman–Crippen MR) is 95.5 cm³/mol. The minimum Gasteiger partial charge on any atom is -0.411 e. The zero-order valence-corrected chi connectivity index (χ0v) is 14.5. The van der Waals surface area contributed by atoms with Gasteiger partial charge < -0.3 is 9.73 Å². The molecule has 1 heterocycles. The smallest absolute Gasteiger partial charge is 0.277 e. The van der Waals surface area contributed by atoms with Crippen LogP contribution in [-0.4, -0.2) is 21.9 Å². The van der Waals surface area contributed by atoms with E-state index in [9.17, 15) is 4.79 Å². The summed E-state index contributed by atoms with van der Waals surface area (Å²) in [7, 11) is 0. The van der Waals surface area contributed by atoms with E-state index in [4.69, 9.17) is 27.6 Å². The van der Waals surface area contributed by atoms with Crippen LogP contribution in [0.2, 0.25) is 10.0 Å². The normalized spacial score (nSPS) is 10.6. The van der Waals surface area contributed by atoms with E-state index in [1.807, 2.05) is 30.3 Å². The third-order valence-electron chi connectivity index (χ3n) is 2.96. The van der Waals surface area contributed by atoms with Gasteiger partial charge in [-0.2, -0.15) is 0 Å². The largest absolute Gasteiger partial charge is 0.411 e. The van der Waals surface area contributed by atoms with Crippen molar-refractivity contribution >= 4 is 46.6 Å². The van der Waals surface area contributed by atoms with E-state index in [1.54, 1.807) is 18.2 Å². The Balaban J connectivity index is 1.56. The molecule has 1 aromatic heterocycles. The molecule has 0 saturated heterocycles. The Hall–Kier alpha value is -2.02. The molecule has 0 spiro atoms. The molecule has 122 valence electrons. The number of carbonyl (C=O) groups is 1. The van der Waals surface area contributed by atoms with E-state index in [0.29, 0.717) is 26.8 Å². The molecule has 1 N–H and O–H groups in total. The van der Waals surface area contributed by atoms with Gasteiger partial charge in [-0.25, -0.2) is 0 Å². The van der Waals surface area contributed by atoms with Crippen LogP contribution in [0.4, 0.5) is 5.69 Å². The highest BCUT2D eigenvalue weighted by Crippen LogP contribution is 2.26. The number of aromatic nitrogens is 2. The lowest BCUT2D eigenvalue weighted by Gasteiger charge is -2.05. The van der Waals surface area contributed by atoms with E-state index in [1.165, 1.54) is 0 Å². The Morgan fingerprint density at radius 1 is 1.08 bits per heavy atom. The lowest BCUT2D eigenvalue weighted by Crippen LogP contribution is -2.13. The first kappa shape index (κ1) is 16.8. The predicted octanol–water partition coefficient (Wildman–Crippen LogP) is 4.77. The molecule has 8 heteroatoms. The zero-order chi connectivity index (χ0) is 16.9. The minimum absolute atomic E-state index is 0.136. The number of thioether (sulfide) groups is 1. The quantitative estimate of drug-likeness (QED) is 0.646. The maximum atomic E-state index is 12.0.